The summed E-state index contributed by atoms with van der Waals surface area (Å²) in [6.07, 6.45) is 1.15. The molecule has 0 aromatic carbocycles. The number of hydrogen-bond donors (Lipinski definition) is 1. The molecule has 1 N–H and O–H groups in total. The molecule has 0 saturated carbocycles. The number of sulfonamides is 1. The van der Waals surface area contributed by atoms with Gasteiger partial charge in [0.2, 0.25) is 15.9 Å². The first-order valence-electron chi connectivity index (χ1n) is 7.48. The number of pyridine rings is 1. The Labute approximate surface area is 164 Å². The van der Waals surface area contributed by atoms with E-state index >= 15 is 0 Å². The number of carbonyl (C=O) groups is 1. The van der Waals surface area contributed by atoms with Crippen LogP contribution in [0.1, 0.15) is 24.2 Å². The summed E-state index contributed by atoms with van der Waals surface area (Å²) in [5.41, 5.74) is -0.250. The van der Waals surface area contributed by atoms with Crippen molar-refractivity contribution in [2.24, 2.45) is 0 Å². The third-order valence-electron chi connectivity index (χ3n) is 3.75. The third-order valence-corrected chi connectivity index (χ3v) is 5.62. The van der Waals surface area contributed by atoms with Gasteiger partial charge >= 0.3 is 5.97 Å². The van der Waals surface area contributed by atoms with Crippen molar-refractivity contribution in [3.8, 4) is 5.88 Å². The summed E-state index contributed by atoms with van der Waals surface area (Å²) in [4.78, 5) is 17.2. The maximum Gasteiger partial charge on any atom is 0.341 e. The van der Waals surface area contributed by atoms with Crippen LogP contribution in [0.4, 0.5) is 0 Å². The van der Waals surface area contributed by atoms with Crippen LogP contribution in [0.25, 0.3) is 0 Å². The van der Waals surface area contributed by atoms with E-state index in [9.17, 15) is 18.3 Å². The van der Waals surface area contributed by atoms with Gasteiger partial charge in [-0.1, -0.05) is 6.92 Å². The number of rotatable bonds is 6. The van der Waals surface area contributed by atoms with Gasteiger partial charge in [-0.25, -0.2) is 18.2 Å². The number of hydrogen-bond acceptors (Lipinski definition) is 6. The second kappa shape index (κ2) is 9.12. The van der Waals surface area contributed by atoms with E-state index in [0.717, 1.165) is 18.8 Å². The van der Waals surface area contributed by atoms with Gasteiger partial charge in [0, 0.05) is 55.7 Å². The Kier molecular flexibility index (Phi) is 8.10. The predicted octanol–water partition coefficient (Wildman–Crippen LogP) is 0.124. The Morgan fingerprint density at radius 3 is 2.42 bits per heavy atom. The second-order valence-corrected chi connectivity index (χ2v) is 7.04. The zero-order valence-corrected chi connectivity index (χ0v) is 17.0. The quantitative estimate of drug-likeness (QED) is 0.714. The summed E-state index contributed by atoms with van der Waals surface area (Å²) in [5, 5.41) is 9.22. The van der Waals surface area contributed by atoms with E-state index in [2.05, 4.69) is 9.88 Å². The van der Waals surface area contributed by atoms with Crippen molar-refractivity contribution in [2.75, 3.05) is 39.3 Å². The van der Waals surface area contributed by atoms with Crippen LogP contribution in [0.5, 0.6) is 5.88 Å². The average Bonchev–Trinajstić information content (AvgIpc) is 2.55. The molecule has 0 spiro atoms. The minimum absolute atomic E-state index is 0. The smallest absolute Gasteiger partial charge is 0.341 e. The van der Waals surface area contributed by atoms with Crippen LogP contribution >= 0.6 is 0 Å². The van der Waals surface area contributed by atoms with Crippen molar-refractivity contribution in [1.82, 2.24) is 14.2 Å². The molecule has 1 aromatic rings. The molecular weight excluding hydrogens is 345 g/mol. The molecule has 1 aliphatic heterocycles. The standard InChI is InChI=1S/C14H21N3O5S.Na/c1-3-16-5-7-17(8-6-16)23(20,21)11-9-12(14(18)19)13(15-10-11)22-4-2;/h9-10H,3-8H2,1-2H3,(H,18,19);. The second-order valence-electron chi connectivity index (χ2n) is 5.10. The molecule has 1 saturated heterocycles. The normalized spacial score (nSPS) is 16.4. The zero-order valence-electron chi connectivity index (χ0n) is 14.2. The molecule has 1 aliphatic rings. The summed E-state index contributed by atoms with van der Waals surface area (Å²) in [6, 6.07) is 1.11. The maximum atomic E-state index is 12.7. The Balaban J connectivity index is 0.00000288. The van der Waals surface area contributed by atoms with Gasteiger partial charge in [-0.15, -0.1) is 0 Å². The molecule has 0 aliphatic carbocycles. The van der Waals surface area contributed by atoms with Crippen LogP contribution < -0.4 is 4.74 Å². The van der Waals surface area contributed by atoms with Gasteiger partial charge in [0.25, 0.3) is 0 Å². The van der Waals surface area contributed by atoms with Crippen molar-refractivity contribution in [3.05, 3.63) is 17.8 Å². The molecule has 129 valence electrons. The number of aromatic nitrogens is 1. The SMILES string of the molecule is CCOc1ncc(S(=O)(=O)N2CCN(CC)CC2)cc1C(=O)O.[Na]. The number of nitrogens with zero attached hydrogens (tertiary/aromatic N) is 3. The van der Waals surface area contributed by atoms with E-state index in [-0.39, 0.29) is 52.5 Å². The van der Waals surface area contributed by atoms with Crippen molar-refractivity contribution in [3.63, 3.8) is 0 Å². The van der Waals surface area contributed by atoms with Gasteiger partial charge in [0.15, 0.2) is 0 Å². The maximum absolute atomic E-state index is 12.7. The summed E-state index contributed by atoms with van der Waals surface area (Å²) in [5.74, 6) is -1.34. The van der Waals surface area contributed by atoms with E-state index in [1.807, 2.05) is 6.92 Å². The van der Waals surface area contributed by atoms with Gasteiger partial charge in [-0.05, 0) is 19.5 Å². The van der Waals surface area contributed by atoms with E-state index in [1.165, 1.54) is 4.31 Å². The Hall–Kier alpha value is -0.710. The van der Waals surface area contributed by atoms with Crippen LogP contribution in [-0.4, -0.2) is 103 Å². The first-order chi connectivity index (χ1) is 10.9. The van der Waals surface area contributed by atoms with Gasteiger partial charge in [-0.3, -0.25) is 0 Å². The number of piperazine rings is 1. The Bertz CT molecular complexity index is 675. The molecule has 24 heavy (non-hydrogen) atoms. The molecule has 0 bridgehead atoms. The Morgan fingerprint density at radius 2 is 1.92 bits per heavy atom. The topological polar surface area (TPSA) is 100 Å². The predicted molar refractivity (Wildman–Crippen MR) is 89.0 cm³/mol. The molecule has 1 fully saturated rings. The molecular formula is C14H21N3NaO5S. The molecule has 1 radical (unpaired) electrons. The van der Waals surface area contributed by atoms with Crippen molar-refractivity contribution < 1.29 is 23.1 Å². The number of carboxylic acid groups (broad SMARTS) is 1. The van der Waals surface area contributed by atoms with Crippen LogP contribution in [0, 0.1) is 0 Å². The zero-order chi connectivity index (χ0) is 17.0. The fraction of sp³-hybridized carbons (Fsp3) is 0.571. The van der Waals surface area contributed by atoms with Crippen LogP contribution in [0.3, 0.4) is 0 Å². The number of aromatic carboxylic acids is 1. The van der Waals surface area contributed by atoms with Crippen molar-refractivity contribution in [2.45, 2.75) is 18.7 Å². The van der Waals surface area contributed by atoms with Crippen LogP contribution in [0.15, 0.2) is 17.2 Å². The first kappa shape index (κ1) is 21.3. The molecule has 0 unspecified atom stereocenters. The fourth-order valence-corrected chi connectivity index (χ4v) is 3.81. The number of carboxylic acids is 1. The Morgan fingerprint density at radius 1 is 1.29 bits per heavy atom. The molecule has 8 nitrogen and oxygen atoms in total. The van der Waals surface area contributed by atoms with Crippen LogP contribution in [0.2, 0.25) is 0 Å². The average molecular weight is 366 g/mol. The summed E-state index contributed by atoms with van der Waals surface area (Å²) >= 11 is 0. The molecule has 2 rings (SSSR count). The molecule has 0 amide bonds. The van der Waals surface area contributed by atoms with E-state index < -0.39 is 16.0 Å². The van der Waals surface area contributed by atoms with Crippen LogP contribution in [-0.2, 0) is 10.0 Å². The third kappa shape index (κ3) is 4.68. The van der Waals surface area contributed by atoms with Gasteiger partial charge in [0.1, 0.15) is 10.5 Å². The minimum atomic E-state index is -3.76. The largest absolute Gasteiger partial charge is 0.477 e. The monoisotopic (exact) mass is 366 g/mol. The van der Waals surface area contributed by atoms with Crippen molar-refractivity contribution >= 4 is 45.5 Å². The molecule has 0 atom stereocenters. The summed E-state index contributed by atoms with van der Waals surface area (Å²) in [6.45, 7) is 6.93. The van der Waals surface area contributed by atoms with Gasteiger partial charge in [-0.2, -0.15) is 4.31 Å². The van der Waals surface area contributed by atoms with E-state index in [0.29, 0.717) is 26.2 Å². The molecule has 2 heterocycles. The first-order valence-corrected chi connectivity index (χ1v) is 8.92. The molecule has 1 aromatic heterocycles. The minimum Gasteiger partial charge on any atom is -0.477 e. The molecule has 10 heteroatoms. The van der Waals surface area contributed by atoms with Crippen molar-refractivity contribution in [1.29, 1.82) is 0 Å². The summed E-state index contributed by atoms with van der Waals surface area (Å²) < 4.78 is 31.8. The van der Waals surface area contributed by atoms with Gasteiger partial charge in [0.05, 0.1) is 12.8 Å². The van der Waals surface area contributed by atoms with E-state index in [4.69, 9.17) is 4.74 Å². The number of ether oxygens (including phenoxy) is 1. The fourth-order valence-electron chi connectivity index (χ4n) is 2.41. The van der Waals surface area contributed by atoms with E-state index in [1.54, 1.807) is 6.92 Å². The summed E-state index contributed by atoms with van der Waals surface area (Å²) in [7, 11) is -3.76. The van der Waals surface area contributed by atoms with Gasteiger partial charge < -0.3 is 14.7 Å². The number of likely N-dealkylation sites (N-methyl/N-ethyl adjacent to an activating group) is 1.